The molecule has 1 aromatic heterocycles. The second-order valence-corrected chi connectivity index (χ2v) is 9.25. The highest BCUT2D eigenvalue weighted by molar-refractivity contribution is 9.10. The zero-order valence-electron chi connectivity index (χ0n) is 16.6. The van der Waals surface area contributed by atoms with Gasteiger partial charge < -0.3 is 10.2 Å². The number of carbonyl (C=O) groups is 2. The van der Waals surface area contributed by atoms with E-state index >= 15 is 0 Å². The van der Waals surface area contributed by atoms with Gasteiger partial charge in [0.25, 0.3) is 5.91 Å². The van der Waals surface area contributed by atoms with Gasteiger partial charge in [0.2, 0.25) is 5.91 Å². The third kappa shape index (κ3) is 5.02. The maximum Gasteiger partial charge on any atom is 0.252 e. The molecule has 2 aromatic carbocycles. The summed E-state index contributed by atoms with van der Waals surface area (Å²) in [6.07, 6.45) is 2.07. The van der Waals surface area contributed by atoms with Gasteiger partial charge in [-0.05, 0) is 36.6 Å². The van der Waals surface area contributed by atoms with Crippen LogP contribution in [0.2, 0.25) is 0 Å². The highest BCUT2D eigenvalue weighted by Crippen LogP contribution is 2.26. The Balaban J connectivity index is 1.47. The lowest BCUT2D eigenvalue weighted by Crippen LogP contribution is -2.28. The zero-order chi connectivity index (χ0) is 21.1. The number of aromatic nitrogens is 1. The summed E-state index contributed by atoms with van der Waals surface area (Å²) in [5.41, 5.74) is 2.43. The van der Waals surface area contributed by atoms with Crippen molar-refractivity contribution in [3.05, 3.63) is 70.2 Å². The van der Waals surface area contributed by atoms with E-state index in [-0.39, 0.29) is 23.6 Å². The second-order valence-electron chi connectivity index (χ2n) is 7.40. The Morgan fingerprint density at radius 2 is 1.90 bits per heavy atom. The lowest BCUT2D eigenvalue weighted by molar-refractivity contribution is -0.127. The van der Waals surface area contributed by atoms with Gasteiger partial charge in [0.15, 0.2) is 0 Å². The second kappa shape index (κ2) is 9.18. The fourth-order valence-corrected chi connectivity index (χ4v) is 4.39. The van der Waals surface area contributed by atoms with E-state index in [1.165, 1.54) is 11.8 Å². The topological polar surface area (TPSA) is 62.3 Å². The van der Waals surface area contributed by atoms with Gasteiger partial charge in [0, 0.05) is 29.5 Å². The van der Waals surface area contributed by atoms with E-state index in [0.717, 1.165) is 33.8 Å². The lowest BCUT2D eigenvalue weighted by Gasteiger charge is -2.18. The molecule has 0 saturated heterocycles. The summed E-state index contributed by atoms with van der Waals surface area (Å²) < 4.78 is 0.986. The molecule has 0 atom stereocenters. The van der Waals surface area contributed by atoms with Crippen molar-refractivity contribution in [1.29, 1.82) is 0 Å². The smallest absolute Gasteiger partial charge is 0.252 e. The molecule has 154 valence electrons. The maximum atomic E-state index is 12.7. The summed E-state index contributed by atoms with van der Waals surface area (Å²) in [7, 11) is 1.80. The predicted molar refractivity (Wildman–Crippen MR) is 124 cm³/mol. The van der Waals surface area contributed by atoms with Gasteiger partial charge in [-0.3, -0.25) is 9.59 Å². The van der Waals surface area contributed by atoms with Gasteiger partial charge in [-0.2, -0.15) is 0 Å². The quantitative estimate of drug-likeness (QED) is 0.497. The molecule has 0 bridgehead atoms. The van der Waals surface area contributed by atoms with Crippen LogP contribution in [0.15, 0.2) is 64.1 Å². The molecular formula is C23H22BrN3O2S. The number of rotatable bonds is 7. The molecule has 2 amide bonds. The molecule has 0 unspecified atom stereocenters. The lowest BCUT2D eigenvalue weighted by atomic mass is 10.1. The van der Waals surface area contributed by atoms with Crippen molar-refractivity contribution < 1.29 is 9.59 Å². The highest BCUT2D eigenvalue weighted by atomic mass is 79.9. The zero-order valence-corrected chi connectivity index (χ0v) is 19.0. The SMILES string of the molecule is CN(Cc1ccccc1Br)C(=O)CSc1cc(C(=O)NC2CC2)c2ccccc2n1. The van der Waals surface area contributed by atoms with E-state index in [1.807, 2.05) is 48.5 Å². The Morgan fingerprint density at radius 1 is 1.17 bits per heavy atom. The molecule has 5 nitrogen and oxygen atoms in total. The van der Waals surface area contributed by atoms with E-state index in [1.54, 1.807) is 18.0 Å². The standard InChI is InChI=1S/C23H22BrN3O2S/c1-27(13-15-6-2-4-8-19(15)24)22(28)14-30-21-12-18(23(29)25-16-10-11-16)17-7-3-5-9-20(17)26-21/h2-9,12,16H,10-11,13-14H2,1H3,(H,25,29). The van der Waals surface area contributed by atoms with Crippen molar-refractivity contribution in [2.75, 3.05) is 12.8 Å². The average molecular weight is 484 g/mol. The molecule has 7 heteroatoms. The van der Waals surface area contributed by atoms with Crippen LogP contribution in [0.4, 0.5) is 0 Å². The molecule has 0 aliphatic heterocycles. The summed E-state index contributed by atoms with van der Waals surface area (Å²) in [4.78, 5) is 31.7. The number of para-hydroxylation sites is 1. The van der Waals surface area contributed by atoms with E-state index in [0.29, 0.717) is 17.1 Å². The summed E-state index contributed by atoms with van der Waals surface area (Å²) in [5.74, 6) is 0.195. The molecule has 1 N–H and O–H groups in total. The van der Waals surface area contributed by atoms with Crippen LogP contribution in [-0.2, 0) is 11.3 Å². The number of thioether (sulfide) groups is 1. The van der Waals surface area contributed by atoms with Crippen molar-refractivity contribution >= 4 is 50.4 Å². The third-order valence-corrected chi connectivity index (χ3v) is 6.65. The van der Waals surface area contributed by atoms with Gasteiger partial charge in [0.1, 0.15) is 0 Å². The molecule has 0 spiro atoms. The van der Waals surface area contributed by atoms with Crippen molar-refractivity contribution in [2.24, 2.45) is 0 Å². The molecule has 1 heterocycles. The van der Waals surface area contributed by atoms with E-state index in [2.05, 4.69) is 26.2 Å². The monoisotopic (exact) mass is 483 g/mol. The number of halogens is 1. The summed E-state index contributed by atoms with van der Waals surface area (Å²) in [6.45, 7) is 0.529. The molecule has 4 rings (SSSR count). The minimum atomic E-state index is -0.0738. The largest absolute Gasteiger partial charge is 0.349 e. The minimum absolute atomic E-state index is 0.00898. The number of nitrogens with one attached hydrogen (secondary N) is 1. The predicted octanol–water partition coefficient (Wildman–Crippen LogP) is 4.64. The summed E-state index contributed by atoms with van der Waals surface area (Å²) in [6, 6.07) is 17.6. The first-order valence-corrected chi connectivity index (χ1v) is 11.6. The highest BCUT2D eigenvalue weighted by Gasteiger charge is 2.25. The Hall–Kier alpha value is -2.38. The maximum absolute atomic E-state index is 12.7. The fraction of sp³-hybridized carbons (Fsp3) is 0.261. The van der Waals surface area contributed by atoms with Crippen molar-refractivity contribution in [3.8, 4) is 0 Å². The number of nitrogens with zero attached hydrogens (tertiary/aromatic N) is 2. The van der Waals surface area contributed by atoms with Gasteiger partial charge >= 0.3 is 0 Å². The number of pyridine rings is 1. The number of amides is 2. The minimum Gasteiger partial charge on any atom is -0.349 e. The Morgan fingerprint density at radius 3 is 2.67 bits per heavy atom. The molecule has 0 radical (unpaired) electrons. The van der Waals surface area contributed by atoms with Crippen LogP contribution in [0.5, 0.6) is 0 Å². The Bertz CT molecular complexity index is 1100. The molecule has 1 aliphatic rings. The first-order chi connectivity index (χ1) is 14.5. The van der Waals surface area contributed by atoms with Crippen LogP contribution in [0.25, 0.3) is 10.9 Å². The number of carbonyl (C=O) groups excluding carboxylic acids is 2. The molecular weight excluding hydrogens is 462 g/mol. The van der Waals surface area contributed by atoms with Crippen LogP contribution < -0.4 is 5.32 Å². The molecule has 3 aromatic rings. The Labute approximate surface area is 188 Å². The van der Waals surface area contributed by atoms with Crippen molar-refractivity contribution in [1.82, 2.24) is 15.2 Å². The van der Waals surface area contributed by atoms with Crippen LogP contribution >= 0.6 is 27.7 Å². The van der Waals surface area contributed by atoms with E-state index in [9.17, 15) is 9.59 Å². The van der Waals surface area contributed by atoms with Crippen molar-refractivity contribution in [2.45, 2.75) is 30.5 Å². The average Bonchev–Trinajstić information content (AvgIpc) is 3.56. The van der Waals surface area contributed by atoms with Crippen LogP contribution in [0.1, 0.15) is 28.8 Å². The van der Waals surface area contributed by atoms with Crippen LogP contribution in [-0.4, -0.2) is 40.5 Å². The fourth-order valence-electron chi connectivity index (χ4n) is 3.12. The number of hydrogen-bond acceptors (Lipinski definition) is 4. The number of benzene rings is 2. The van der Waals surface area contributed by atoms with Gasteiger partial charge in [0.05, 0.1) is 21.9 Å². The summed E-state index contributed by atoms with van der Waals surface area (Å²) >= 11 is 4.88. The van der Waals surface area contributed by atoms with Crippen molar-refractivity contribution in [3.63, 3.8) is 0 Å². The first-order valence-electron chi connectivity index (χ1n) is 9.82. The molecule has 1 aliphatic carbocycles. The summed E-state index contributed by atoms with van der Waals surface area (Å²) in [5, 5.41) is 4.56. The van der Waals surface area contributed by atoms with Gasteiger partial charge in [-0.25, -0.2) is 4.98 Å². The van der Waals surface area contributed by atoms with Gasteiger partial charge in [-0.15, -0.1) is 0 Å². The van der Waals surface area contributed by atoms with E-state index in [4.69, 9.17) is 0 Å². The van der Waals surface area contributed by atoms with Crippen LogP contribution in [0, 0.1) is 0 Å². The van der Waals surface area contributed by atoms with E-state index < -0.39 is 0 Å². The number of hydrogen-bond donors (Lipinski definition) is 1. The number of fused-ring (bicyclic) bond motifs is 1. The van der Waals surface area contributed by atoms with Gasteiger partial charge in [-0.1, -0.05) is 64.1 Å². The Kier molecular flexibility index (Phi) is 6.39. The first kappa shape index (κ1) is 20.9. The molecule has 1 saturated carbocycles. The molecule has 1 fully saturated rings. The van der Waals surface area contributed by atoms with Crippen LogP contribution in [0.3, 0.4) is 0 Å². The molecule has 30 heavy (non-hydrogen) atoms. The third-order valence-electron chi connectivity index (χ3n) is 4.98. The normalized spacial score (nSPS) is 13.3.